The average Bonchev–Trinajstić information content (AvgIpc) is 2.14. The standard InChI is InChI=1S/C11H23NOS/c1-9(2)10(8-14)6-12-5-3-4-11(13)7-12/h9-11,13-14H,3-8H2,1-2H3. The Kier molecular flexibility index (Phi) is 5.28. The second-order valence-electron chi connectivity index (χ2n) is 4.74. The summed E-state index contributed by atoms with van der Waals surface area (Å²) in [6, 6.07) is 0. The highest BCUT2D eigenvalue weighted by molar-refractivity contribution is 7.80. The van der Waals surface area contributed by atoms with E-state index in [0.29, 0.717) is 11.8 Å². The van der Waals surface area contributed by atoms with E-state index < -0.39 is 0 Å². The van der Waals surface area contributed by atoms with Crippen molar-refractivity contribution >= 4 is 12.6 Å². The van der Waals surface area contributed by atoms with Gasteiger partial charge in [0.25, 0.3) is 0 Å². The second-order valence-corrected chi connectivity index (χ2v) is 5.11. The minimum absolute atomic E-state index is 0.100. The molecule has 0 bridgehead atoms. The molecule has 2 atom stereocenters. The van der Waals surface area contributed by atoms with E-state index in [4.69, 9.17) is 0 Å². The molecule has 1 aliphatic rings. The van der Waals surface area contributed by atoms with Crippen molar-refractivity contribution in [1.82, 2.24) is 4.90 Å². The van der Waals surface area contributed by atoms with Gasteiger partial charge in [0.1, 0.15) is 0 Å². The summed E-state index contributed by atoms with van der Waals surface area (Å²) in [5.74, 6) is 2.29. The minimum atomic E-state index is -0.100. The zero-order chi connectivity index (χ0) is 10.6. The van der Waals surface area contributed by atoms with Crippen LogP contribution in [0.25, 0.3) is 0 Å². The normalized spacial score (nSPS) is 26.8. The Bertz CT molecular complexity index is 163. The van der Waals surface area contributed by atoms with Crippen molar-refractivity contribution in [3.63, 3.8) is 0 Å². The van der Waals surface area contributed by atoms with Crippen molar-refractivity contribution in [2.24, 2.45) is 11.8 Å². The Morgan fingerprint density at radius 2 is 2.21 bits per heavy atom. The molecule has 2 nitrogen and oxygen atoms in total. The molecule has 1 fully saturated rings. The van der Waals surface area contributed by atoms with Crippen molar-refractivity contribution in [2.75, 3.05) is 25.4 Å². The lowest BCUT2D eigenvalue weighted by atomic mass is 9.96. The van der Waals surface area contributed by atoms with Gasteiger partial charge in [-0.05, 0) is 37.0 Å². The molecule has 0 saturated carbocycles. The molecular weight excluding hydrogens is 194 g/mol. The van der Waals surface area contributed by atoms with Gasteiger partial charge in [-0.1, -0.05) is 13.8 Å². The van der Waals surface area contributed by atoms with Gasteiger partial charge in [-0.25, -0.2) is 0 Å². The number of aliphatic hydroxyl groups excluding tert-OH is 1. The van der Waals surface area contributed by atoms with Gasteiger partial charge in [0, 0.05) is 13.1 Å². The zero-order valence-corrected chi connectivity index (χ0v) is 10.2. The average molecular weight is 217 g/mol. The maximum atomic E-state index is 9.54. The van der Waals surface area contributed by atoms with Gasteiger partial charge >= 0.3 is 0 Å². The number of likely N-dealkylation sites (tertiary alicyclic amines) is 1. The van der Waals surface area contributed by atoms with Crippen LogP contribution in [0.3, 0.4) is 0 Å². The van der Waals surface area contributed by atoms with Crippen LogP contribution in [0.2, 0.25) is 0 Å². The Labute approximate surface area is 93.1 Å². The summed E-state index contributed by atoms with van der Waals surface area (Å²) in [6.45, 7) is 7.60. The van der Waals surface area contributed by atoms with Crippen molar-refractivity contribution in [3.8, 4) is 0 Å². The molecule has 84 valence electrons. The van der Waals surface area contributed by atoms with Gasteiger partial charge in [0.05, 0.1) is 6.10 Å². The fourth-order valence-corrected chi connectivity index (χ4v) is 2.55. The summed E-state index contributed by atoms with van der Waals surface area (Å²) in [4.78, 5) is 2.38. The molecule has 0 aliphatic carbocycles. The maximum Gasteiger partial charge on any atom is 0.0667 e. The van der Waals surface area contributed by atoms with Gasteiger partial charge in [-0.2, -0.15) is 12.6 Å². The van der Waals surface area contributed by atoms with Gasteiger partial charge in [0.15, 0.2) is 0 Å². The van der Waals surface area contributed by atoms with Gasteiger partial charge in [-0.15, -0.1) is 0 Å². The monoisotopic (exact) mass is 217 g/mol. The molecule has 2 unspecified atom stereocenters. The quantitative estimate of drug-likeness (QED) is 0.700. The molecule has 1 saturated heterocycles. The third-order valence-corrected chi connectivity index (χ3v) is 3.62. The van der Waals surface area contributed by atoms with Crippen LogP contribution in [0.15, 0.2) is 0 Å². The Hall–Kier alpha value is 0.270. The van der Waals surface area contributed by atoms with Crippen molar-refractivity contribution in [1.29, 1.82) is 0 Å². The van der Waals surface area contributed by atoms with Gasteiger partial charge in [-0.3, -0.25) is 0 Å². The third kappa shape index (κ3) is 3.79. The molecule has 0 spiro atoms. The summed E-state index contributed by atoms with van der Waals surface area (Å²) in [5.41, 5.74) is 0. The summed E-state index contributed by atoms with van der Waals surface area (Å²) >= 11 is 4.39. The van der Waals surface area contributed by atoms with Crippen LogP contribution in [-0.4, -0.2) is 41.5 Å². The van der Waals surface area contributed by atoms with E-state index in [-0.39, 0.29) is 6.10 Å². The maximum absolute atomic E-state index is 9.54. The lowest BCUT2D eigenvalue weighted by Gasteiger charge is -2.33. The summed E-state index contributed by atoms with van der Waals surface area (Å²) in [7, 11) is 0. The highest BCUT2D eigenvalue weighted by Gasteiger charge is 2.21. The molecule has 0 aromatic carbocycles. The van der Waals surface area contributed by atoms with E-state index in [0.717, 1.165) is 38.2 Å². The number of β-amino-alcohol motifs (C(OH)–C–C–N with tert-alkyl or cyclic N) is 1. The predicted octanol–water partition coefficient (Wildman–Crippen LogP) is 1.65. The van der Waals surface area contributed by atoms with E-state index in [1.165, 1.54) is 0 Å². The molecule has 3 heteroatoms. The first-order valence-corrected chi connectivity index (χ1v) is 6.28. The van der Waals surface area contributed by atoms with Gasteiger partial charge in [0.2, 0.25) is 0 Å². The number of aliphatic hydroxyl groups is 1. The molecule has 0 aromatic heterocycles. The Morgan fingerprint density at radius 1 is 1.50 bits per heavy atom. The summed E-state index contributed by atoms with van der Waals surface area (Å²) in [5, 5.41) is 9.54. The van der Waals surface area contributed by atoms with E-state index in [1.54, 1.807) is 0 Å². The molecule has 14 heavy (non-hydrogen) atoms. The number of hydrogen-bond donors (Lipinski definition) is 2. The number of nitrogens with zero attached hydrogens (tertiary/aromatic N) is 1. The fourth-order valence-electron chi connectivity index (χ4n) is 2.01. The number of hydrogen-bond acceptors (Lipinski definition) is 3. The van der Waals surface area contributed by atoms with Crippen molar-refractivity contribution < 1.29 is 5.11 Å². The van der Waals surface area contributed by atoms with Crippen LogP contribution in [0.1, 0.15) is 26.7 Å². The van der Waals surface area contributed by atoms with Gasteiger partial charge < -0.3 is 10.0 Å². The van der Waals surface area contributed by atoms with Crippen LogP contribution >= 0.6 is 12.6 Å². The predicted molar refractivity (Wildman–Crippen MR) is 63.9 cm³/mol. The van der Waals surface area contributed by atoms with E-state index in [1.807, 2.05) is 0 Å². The SMILES string of the molecule is CC(C)C(CS)CN1CCCC(O)C1. The fraction of sp³-hybridized carbons (Fsp3) is 1.00. The lowest BCUT2D eigenvalue weighted by molar-refractivity contribution is 0.0599. The summed E-state index contributed by atoms with van der Waals surface area (Å²) < 4.78 is 0. The Morgan fingerprint density at radius 3 is 2.71 bits per heavy atom. The van der Waals surface area contributed by atoms with Crippen LogP contribution in [0.5, 0.6) is 0 Å². The topological polar surface area (TPSA) is 23.5 Å². The first kappa shape index (κ1) is 12.3. The highest BCUT2D eigenvalue weighted by atomic mass is 32.1. The van der Waals surface area contributed by atoms with Crippen LogP contribution in [-0.2, 0) is 0 Å². The summed E-state index contributed by atoms with van der Waals surface area (Å²) in [6.07, 6.45) is 2.01. The van der Waals surface area contributed by atoms with Crippen LogP contribution in [0.4, 0.5) is 0 Å². The molecule has 1 aliphatic heterocycles. The third-order valence-electron chi connectivity index (χ3n) is 3.15. The molecule has 1 rings (SSSR count). The first-order valence-electron chi connectivity index (χ1n) is 5.64. The van der Waals surface area contributed by atoms with Crippen LogP contribution in [0, 0.1) is 11.8 Å². The van der Waals surface area contributed by atoms with Crippen LogP contribution < -0.4 is 0 Å². The number of piperidine rings is 1. The largest absolute Gasteiger partial charge is 0.392 e. The first-order chi connectivity index (χ1) is 6.63. The molecule has 0 radical (unpaired) electrons. The van der Waals surface area contributed by atoms with Crippen molar-refractivity contribution in [3.05, 3.63) is 0 Å². The smallest absolute Gasteiger partial charge is 0.0667 e. The molecule has 0 aromatic rings. The number of thiol groups is 1. The molecular formula is C11H23NOS. The molecule has 0 amide bonds. The van der Waals surface area contributed by atoms with E-state index >= 15 is 0 Å². The molecule has 1 N–H and O–H groups in total. The minimum Gasteiger partial charge on any atom is -0.392 e. The Balaban J connectivity index is 2.33. The number of rotatable bonds is 4. The van der Waals surface area contributed by atoms with E-state index in [9.17, 15) is 5.11 Å². The van der Waals surface area contributed by atoms with Crippen molar-refractivity contribution in [2.45, 2.75) is 32.8 Å². The zero-order valence-electron chi connectivity index (χ0n) is 9.32. The molecule has 1 heterocycles. The lowest BCUT2D eigenvalue weighted by Crippen LogP contribution is -2.42. The van der Waals surface area contributed by atoms with E-state index in [2.05, 4.69) is 31.4 Å². The second kappa shape index (κ2) is 5.99. The highest BCUT2D eigenvalue weighted by Crippen LogP contribution is 2.17.